The second-order valence-corrected chi connectivity index (χ2v) is 7.51. The third kappa shape index (κ3) is 5.87. The maximum Gasteiger partial charge on any atom is 0.416 e. The fourth-order valence-electron chi connectivity index (χ4n) is 3.51. The summed E-state index contributed by atoms with van der Waals surface area (Å²) in [6, 6.07) is 11.4. The van der Waals surface area contributed by atoms with Gasteiger partial charge in [0, 0.05) is 32.6 Å². The lowest BCUT2D eigenvalue weighted by Crippen LogP contribution is -2.36. The van der Waals surface area contributed by atoms with Gasteiger partial charge in [-0.2, -0.15) is 13.2 Å². The number of benzene rings is 2. The highest BCUT2D eigenvalue weighted by atomic mass is 19.4. The van der Waals surface area contributed by atoms with Gasteiger partial charge in [-0.1, -0.05) is 30.3 Å². The predicted octanol–water partition coefficient (Wildman–Crippen LogP) is 3.30. The zero-order chi connectivity index (χ0) is 23.3. The molecular weight excluding hydrogens is 425 g/mol. The van der Waals surface area contributed by atoms with E-state index in [4.69, 9.17) is 0 Å². The van der Waals surface area contributed by atoms with Crippen LogP contribution in [0.5, 0.6) is 0 Å². The number of hydrogen-bond donors (Lipinski definition) is 0. The predicted molar refractivity (Wildman–Crippen MR) is 110 cm³/mol. The Bertz CT molecular complexity index is 989. The van der Waals surface area contributed by atoms with E-state index in [1.807, 2.05) is 0 Å². The molecule has 0 aromatic heterocycles. The first-order valence-electron chi connectivity index (χ1n) is 10.1. The van der Waals surface area contributed by atoms with E-state index in [1.165, 1.54) is 24.1 Å². The molecule has 1 aliphatic heterocycles. The molecule has 9 heteroatoms. The maximum atomic E-state index is 12.9. The largest absolute Gasteiger partial charge is 0.465 e. The summed E-state index contributed by atoms with van der Waals surface area (Å²) in [4.78, 5) is 39.8. The van der Waals surface area contributed by atoms with Crippen LogP contribution in [-0.2, 0) is 33.5 Å². The Morgan fingerprint density at radius 3 is 2.38 bits per heavy atom. The van der Waals surface area contributed by atoms with Gasteiger partial charge in [0.05, 0.1) is 24.7 Å². The van der Waals surface area contributed by atoms with Crippen LogP contribution in [0.15, 0.2) is 48.5 Å². The summed E-state index contributed by atoms with van der Waals surface area (Å²) in [5.74, 6) is -0.879. The lowest BCUT2D eigenvalue weighted by atomic mass is 10.1. The lowest BCUT2D eigenvalue weighted by molar-refractivity contribution is -0.138. The molecule has 32 heavy (non-hydrogen) atoms. The molecule has 0 saturated carbocycles. The van der Waals surface area contributed by atoms with Crippen molar-refractivity contribution in [2.24, 2.45) is 0 Å². The van der Waals surface area contributed by atoms with E-state index in [0.29, 0.717) is 25.2 Å². The Balaban J connectivity index is 1.60. The van der Waals surface area contributed by atoms with E-state index in [0.717, 1.165) is 17.7 Å². The molecule has 2 aromatic carbocycles. The van der Waals surface area contributed by atoms with Gasteiger partial charge in [0.15, 0.2) is 0 Å². The molecule has 170 valence electrons. The summed E-state index contributed by atoms with van der Waals surface area (Å²) in [5.41, 5.74) is 0.723. The van der Waals surface area contributed by atoms with Crippen molar-refractivity contribution in [1.29, 1.82) is 0 Å². The van der Waals surface area contributed by atoms with E-state index >= 15 is 0 Å². The van der Waals surface area contributed by atoms with Crippen LogP contribution in [-0.4, -0.2) is 54.3 Å². The minimum absolute atomic E-state index is 0.114. The molecule has 0 radical (unpaired) electrons. The Hall–Kier alpha value is -3.36. The minimum atomic E-state index is -4.47. The number of carbonyl (C=O) groups excluding carboxylic acids is 3. The summed E-state index contributed by atoms with van der Waals surface area (Å²) >= 11 is 0. The minimum Gasteiger partial charge on any atom is -0.465 e. The number of halogens is 3. The summed E-state index contributed by atoms with van der Waals surface area (Å²) in [7, 11) is 1.30. The number of carbonyl (C=O) groups is 3. The molecule has 0 N–H and O–H groups in total. The third-order valence-electron chi connectivity index (χ3n) is 5.30. The maximum absolute atomic E-state index is 12.9. The number of rotatable bonds is 5. The zero-order valence-corrected chi connectivity index (χ0v) is 17.5. The van der Waals surface area contributed by atoms with Gasteiger partial charge in [-0.15, -0.1) is 0 Å². The number of methoxy groups -OCH3 is 1. The molecule has 0 aliphatic carbocycles. The number of ether oxygens (including phenoxy) is 1. The van der Waals surface area contributed by atoms with Crippen LogP contribution in [0.1, 0.15) is 33.5 Å². The summed E-state index contributed by atoms with van der Waals surface area (Å²) in [6.45, 7) is 1.15. The number of amides is 2. The van der Waals surface area contributed by atoms with E-state index in [-0.39, 0.29) is 36.8 Å². The van der Waals surface area contributed by atoms with Crippen molar-refractivity contribution in [2.75, 3.05) is 26.7 Å². The van der Waals surface area contributed by atoms with Crippen molar-refractivity contribution in [1.82, 2.24) is 9.80 Å². The molecule has 0 atom stereocenters. The molecule has 2 aromatic rings. The second-order valence-electron chi connectivity index (χ2n) is 7.51. The average molecular weight is 448 g/mol. The van der Waals surface area contributed by atoms with Gasteiger partial charge >= 0.3 is 12.1 Å². The number of alkyl halides is 3. The monoisotopic (exact) mass is 448 g/mol. The summed E-state index contributed by atoms with van der Waals surface area (Å²) < 4.78 is 43.4. The van der Waals surface area contributed by atoms with Crippen molar-refractivity contribution in [3.63, 3.8) is 0 Å². The standard InChI is InChI=1S/C23H23F3N2O4/c1-32-22(31)18-7-5-16(6-8-18)15-28-12-11-27(10-9-20(28)29)21(30)14-17-3-2-4-19(13-17)23(24,25)26/h2-8,13H,9-12,14-15H2,1H3. The van der Waals surface area contributed by atoms with Crippen molar-refractivity contribution in [2.45, 2.75) is 25.6 Å². The first-order chi connectivity index (χ1) is 15.2. The van der Waals surface area contributed by atoms with Crippen LogP contribution in [0.25, 0.3) is 0 Å². The van der Waals surface area contributed by atoms with Gasteiger partial charge in [0.2, 0.25) is 11.8 Å². The zero-order valence-electron chi connectivity index (χ0n) is 17.5. The number of esters is 1. The highest BCUT2D eigenvalue weighted by Crippen LogP contribution is 2.29. The first kappa shape index (κ1) is 23.3. The van der Waals surface area contributed by atoms with Crippen molar-refractivity contribution in [3.8, 4) is 0 Å². The molecule has 3 rings (SSSR count). The van der Waals surface area contributed by atoms with Crippen molar-refractivity contribution < 1.29 is 32.3 Å². The second kappa shape index (κ2) is 9.84. The summed E-state index contributed by atoms with van der Waals surface area (Å²) in [6.07, 6.45) is -4.49. The van der Waals surface area contributed by atoms with E-state index in [9.17, 15) is 27.6 Å². The van der Waals surface area contributed by atoms with Gasteiger partial charge in [-0.25, -0.2) is 4.79 Å². The smallest absolute Gasteiger partial charge is 0.416 e. The van der Waals surface area contributed by atoms with Crippen LogP contribution < -0.4 is 0 Å². The molecule has 1 fully saturated rings. The van der Waals surface area contributed by atoms with E-state index in [2.05, 4.69) is 4.74 Å². The fourth-order valence-corrected chi connectivity index (χ4v) is 3.51. The third-order valence-corrected chi connectivity index (χ3v) is 5.30. The molecular formula is C23H23F3N2O4. The quantitative estimate of drug-likeness (QED) is 0.659. The van der Waals surface area contributed by atoms with Gasteiger partial charge in [-0.05, 0) is 29.3 Å². The van der Waals surface area contributed by atoms with Crippen molar-refractivity contribution >= 4 is 17.8 Å². The normalized spacial score (nSPS) is 14.8. The van der Waals surface area contributed by atoms with E-state index in [1.54, 1.807) is 29.2 Å². The first-order valence-corrected chi connectivity index (χ1v) is 10.1. The van der Waals surface area contributed by atoms with Gasteiger partial charge in [0.25, 0.3) is 0 Å². The van der Waals surface area contributed by atoms with Crippen LogP contribution in [0.4, 0.5) is 13.2 Å². The highest BCUT2D eigenvalue weighted by molar-refractivity contribution is 5.89. The molecule has 1 aliphatic rings. The highest BCUT2D eigenvalue weighted by Gasteiger charge is 2.31. The molecule has 1 saturated heterocycles. The van der Waals surface area contributed by atoms with Crippen LogP contribution in [0, 0.1) is 0 Å². The molecule has 2 amide bonds. The molecule has 0 spiro atoms. The number of nitrogens with zero attached hydrogens (tertiary/aromatic N) is 2. The number of hydrogen-bond acceptors (Lipinski definition) is 4. The van der Waals surface area contributed by atoms with Gasteiger partial charge in [0.1, 0.15) is 0 Å². The van der Waals surface area contributed by atoms with Gasteiger partial charge < -0.3 is 14.5 Å². The Morgan fingerprint density at radius 1 is 1.00 bits per heavy atom. The van der Waals surface area contributed by atoms with Crippen molar-refractivity contribution in [3.05, 3.63) is 70.8 Å². The Morgan fingerprint density at radius 2 is 1.72 bits per heavy atom. The molecule has 0 bridgehead atoms. The van der Waals surface area contributed by atoms with Crippen LogP contribution in [0.3, 0.4) is 0 Å². The average Bonchev–Trinajstić information content (AvgIpc) is 2.95. The van der Waals surface area contributed by atoms with Crippen LogP contribution >= 0.6 is 0 Å². The fraction of sp³-hybridized carbons (Fsp3) is 0.348. The summed E-state index contributed by atoms with van der Waals surface area (Å²) in [5, 5.41) is 0. The van der Waals surface area contributed by atoms with E-state index < -0.39 is 17.7 Å². The molecule has 1 heterocycles. The molecule has 0 unspecified atom stereocenters. The molecule has 6 nitrogen and oxygen atoms in total. The Kier molecular flexibility index (Phi) is 7.17. The topological polar surface area (TPSA) is 66.9 Å². The van der Waals surface area contributed by atoms with Crippen LogP contribution in [0.2, 0.25) is 0 Å². The van der Waals surface area contributed by atoms with Gasteiger partial charge in [-0.3, -0.25) is 9.59 Å². The Labute approximate surface area is 183 Å². The lowest BCUT2D eigenvalue weighted by Gasteiger charge is -2.22. The SMILES string of the molecule is COC(=O)c1ccc(CN2CCN(C(=O)Cc3cccc(C(F)(F)F)c3)CCC2=O)cc1.